The molecular weight excluding hydrogens is 306 g/mol. The zero-order valence-corrected chi connectivity index (χ0v) is 14.7. The van der Waals surface area contributed by atoms with Gasteiger partial charge in [0, 0.05) is 39.3 Å². The first kappa shape index (κ1) is 19.6. The van der Waals surface area contributed by atoms with E-state index in [-0.39, 0.29) is 42.7 Å². The summed E-state index contributed by atoms with van der Waals surface area (Å²) >= 11 is 0. The van der Waals surface area contributed by atoms with Gasteiger partial charge in [-0.05, 0) is 26.7 Å². The number of carbonyl (C=O) groups excluding carboxylic acids is 1. The van der Waals surface area contributed by atoms with Crippen molar-refractivity contribution in [1.82, 2.24) is 9.80 Å². The van der Waals surface area contributed by atoms with Gasteiger partial charge >= 0.3 is 0 Å². The number of nitrogens with zero attached hydrogens (tertiary/aromatic N) is 2. The second-order valence-corrected chi connectivity index (χ2v) is 6.30. The summed E-state index contributed by atoms with van der Waals surface area (Å²) in [6.07, 6.45) is 2.38. The van der Waals surface area contributed by atoms with Crippen molar-refractivity contribution in [2.24, 2.45) is 5.73 Å². The fourth-order valence-corrected chi connectivity index (χ4v) is 3.39. The third-order valence-electron chi connectivity index (χ3n) is 4.51. The summed E-state index contributed by atoms with van der Waals surface area (Å²) in [5, 5.41) is 0. The van der Waals surface area contributed by atoms with Crippen LogP contribution in [0.5, 0.6) is 0 Å². The van der Waals surface area contributed by atoms with Gasteiger partial charge in [-0.15, -0.1) is 12.4 Å². The van der Waals surface area contributed by atoms with E-state index in [0.29, 0.717) is 26.2 Å². The maximum Gasteiger partial charge on any atom is 0.236 e. The summed E-state index contributed by atoms with van der Waals surface area (Å²) in [5.74, 6) is 0.186. The lowest BCUT2D eigenvalue weighted by Gasteiger charge is -2.40. The lowest BCUT2D eigenvalue weighted by atomic mass is 9.99. The van der Waals surface area contributed by atoms with Crippen molar-refractivity contribution in [3.05, 3.63) is 0 Å². The summed E-state index contributed by atoms with van der Waals surface area (Å²) in [5.41, 5.74) is 5.87. The highest BCUT2D eigenvalue weighted by atomic mass is 35.5. The Balaban J connectivity index is 0.00000242. The summed E-state index contributed by atoms with van der Waals surface area (Å²) in [6, 6.07) is 0.239. The summed E-state index contributed by atoms with van der Waals surface area (Å²) in [4.78, 5) is 16.7. The zero-order valence-electron chi connectivity index (χ0n) is 13.9. The second-order valence-electron chi connectivity index (χ2n) is 6.30. The van der Waals surface area contributed by atoms with Crippen LogP contribution in [0.25, 0.3) is 0 Å². The Morgan fingerprint density at radius 3 is 2.50 bits per heavy atom. The monoisotopic (exact) mass is 335 g/mol. The first-order chi connectivity index (χ1) is 10.0. The number of rotatable bonds is 4. The van der Waals surface area contributed by atoms with E-state index in [2.05, 4.69) is 4.90 Å². The normalized spacial score (nSPS) is 33.4. The largest absolute Gasteiger partial charge is 0.381 e. The molecule has 2 aliphatic rings. The first-order valence-corrected chi connectivity index (χ1v) is 7.93. The van der Waals surface area contributed by atoms with Gasteiger partial charge in [-0.3, -0.25) is 9.69 Å². The van der Waals surface area contributed by atoms with E-state index in [0.717, 1.165) is 19.4 Å². The van der Waals surface area contributed by atoms with Gasteiger partial charge in [0.05, 0.1) is 24.9 Å². The summed E-state index contributed by atoms with van der Waals surface area (Å²) in [7, 11) is 1.75. The Hall–Kier alpha value is -0.400. The predicted molar refractivity (Wildman–Crippen MR) is 88.3 cm³/mol. The van der Waals surface area contributed by atoms with E-state index in [1.165, 1.54) is 0 Å². The minimum atomic E-state index is 0. The Labute approximate surface area is 139 Å². The van der Waals surface area contributed by atoms with Crippen molar-refractivity contribution in [2.75, 3.05) is 39.8 Å². The maximum absolute atomic E-state index is 12.5. The van der Waals surface area contributed by atoms with Crippen molar-refractivity contribution in [3.8, 4) is 0 Å². The number of hydrogen-bond acceptors (Lipinski definition) is 5. The number of hydrogen-bond donors (Lipinski definition) is 1. The minimum absolute atomic E-state index is 0. The molecule has 7 heteroatoms. The molecule has 0 aromatic carbocycles. The molecule has 4 unspecified atom stereocenters. The average molecular weight is 336 g/mol. The Morgan fingerprint density at radius 2 is 1.95 bits per heavy atom. The fourth-order valence-electron chi connectivity index (χ4n) is 3.39. The third kappa shape index (κ3) is 5.06. The average Bonchev–Trinajstić information content (AvgIpc) is 2.46. The number of piperidine rings is 1. The van der Waals surface area contributed by atoms with Crippen molar-refractivity contribution in [2.45, 2.75) is 51.0 Å². The predicted octanol–water partition coefficient (Wildman–Crippen LogP) is 0.482. The van der Waals surface area contributed by atoms with Gasteiger partial charge in [-0.2, -0.15) is 0 Å². The quantitative estimate of drug-likeness (QED) is 0.809. The molecule has 0 spiro atoms. The number of methoxy groups -OCH3 is 1. The van der Waals surface area contributed by atoms with E-state index in [9.17, 15) is 4.79 Å². The van der Waals surface area contributed by atoms with Crippen LogP contribution >= 0.6 is 12.4 Å². The van der Waals surface area contributed by atoms with E-state index in [1.807, 2.05) is 18.7 Å². The van der Waals surface area contributed by atoms with Crippen LogP contribution in [-0.4, -0.2) is 79.9 Å². The minimum Gasteiger partial charge on any atom is -0.381 e. The summed E-state index contributed by atoms with van der Waals surface area (Å²) in [6.45, 7) is 7.31. The molecule has 2 saturated heterocycles. The van der Waals surface area contributed by atoms with Gasteiger partial charge in [0.15, 0.2) is 0 Å². The number of nitrogens with two attached hydrogens (primary N) is 1. The molecule has 0 bridgehead atoms. The second kappa shape index (κ2) is 9.03. The van der Waals surface area contributed by atoms with Crippen LogP contribution in [-0.2, 0) is 14.3 Å². The van der Waals surface area contributed by atoms with Gasteiger partial charge in [0.25, 0.3) is 0 Å². The fraction of sp³-hybridized carbons (Fsp3) is 0.933. The molecule has 4 atom stereocenters. The molecule has 0 aromatic heterocycles. The van der Waals surface area contributed by atoms with Gasteiger partial charge in [-0.25, -0.2) is 0 Å². The molecule has 2 N–H and O–H groups in total. The molecule has 2 heterocycles. The van der Waals surface area contributed by atoms with Crippen LogP contribution in [0.1, 0.15) is 26.7 Å². The number of halogens is 1. The number of carbonyl (C=O) groups is 1. The smallest absolute Gasteiger partial charge is 0.236 e. The van der Waals surface area contributed by atoms with E-state index in [4.69, 9.17) is 15.2 Å². The highest BCUT2D eigenvalue weighted by Crippen LogP contribution is 2.19. The molecule has 22 heavy (non-hydrogen) atoms. The molecule has 2 aliphatic heterocycles. The lowest BCUT2D eigenvalue weighted by Crippen LogP contribution is -2.55. The molecule has 0 saturated carbocycles. The molecule has 1 amide bonds. The number of likely N-dealkylation sites (tertiary alicyclic amines) is 1. The van der Waals surface area contributed by atoms with Gasteiger partial charge in [0.2, 0.25) is 5.91 Å². The number of ether oxygens (including phenoxy) is 2. The number of amides is 1. The molecule has 0 aromatic rings. The van der Waals surface area contributed by atoms with Crippen molar-refractivity contribution < 1.29 is 14.3 Å². The van der Waals surface area contributed by atoms with Gasteiger partial charge in [0.1, 0.15) is 0 Å². The summed E-state index contributed by atoms with van der Waals surface area (Å²) < 4.78 is 11.1. The van der Waals surface area contributed by atoms with E-state index >= 15 is 0 Å². The number of morpholine rings is 1. The highest BCUT2D eigenvalue weighted by Gasteiger charge is 2.32. The molecule has 6 nitrogen and oxygen atoms in total. The molecule has 130 valence electrons. The molecule has 2 fully saturated rings. The Morgan fingerprint density at radius 1 is 1.32 bits per heavy atom. The molecule has 2 rings (SSSR count). The van der Waals surface area contributed by atoms with Crippen LogP contribution in [0, 0.1) is 0 Å². The van der Waals surface area contributed by atoms with Crippen molar-refractivity contribution in [3.63, 3.8) is 0 Å². The van der Waals surface area contributed by atoms with Crippen LogP contribution in [0.15, 0.2) is 0 Å². The standard InChI is InChI=1S/C15H29N3O3.ClH/c1-11-8-18(9-12(2)21-11)15(19)10-17-5-4-14(20-3)6-13(17)7-16;/h11-14H,4-10,16H2,1-3H3;1H. The topological polar surface area (TPSA) is 68.0 Å². The van der Waals surface area contributed by atoms with Crippen LogP contribution < -0.4 is 5.73 Å². The Kier molecular flexibility index (Phi) is 8.07. The first-order valence-electron chi connectivity index (χ1n) is 7.93. The molecule has 0 aliphatic carbocycles. The SMILES string of the molecule is COC1CCN(CC(=O)N2CC(C)OC(C)C2)C(CN)C1.Cl. The van der Waals surface area contributed by atoms with E-state index in [1.54, 1.807) is 7.11 Å². The maximum atomic E-state index is 12.5. The molecule has 0 radical (unpaired) electrons. The van der Waals surface area contributed by atoms with E-state index < -0.39 is 0 Å². The van der Waals surface area contributed by atoms with Gasteiger partial charge in [-0.1, -0.05) is 0 Å². The highest BCUT2D eigenvalue weighted by molar-refractivity contribution is 5.85. The molecular formula is C15H30ClN3O3. The van der Waals surface area contributed by atoms with Crippen LogP contribution in [0.3, 0.4) is 0 Å². The Bertz CT molecular complexity index is 349. The zero-order chi connectivity index (χ0) is 15.4. The lowest BCUT2D eigenvalue weighted by molar-refractivity contribution is -0.145. The van der Waals surface area contributed by atoms with Gasteiger partial charge < -0.3 is 20.1 Å². The van der Waals surface area contributed by atoms with Crippen molar-refractivity contribution in [1.29, 1.82) is 0 Å². The van der Waals surface area contributed by atoms with Crippen LogP contribution in [0.2, 0.25) is 0 Å². The third-order valence-corrected chi connectivity index (χ3v) is 4.51. The van der Waals surface area contributed by atoms with Crippen molar-refractivity contribution >= 4 is 18.3 Å². The van der Waals surface area contributed by atoms with Crippen LogP contribution in [0.4, 0.5) is 0 Å².